The Morgan fingerprint density at radius 3 is 1.20 bits per heavy atom. The van der Waals surface area contributed by atoms with E-state index in [-0.39, 0.29) is 71.0 Å². The lowest BCUT2D eigenvalue weighted by atomic mass is 9.95. The number of ether oxygens (including phenoxy) is 6. The van der Waals surface area contributed by atoms with E-state index in [0.717, 1.165) is 84.5 Å². The number of halogens is 2. The summed E-state index contributed by atoms with van der Waals surface area (Å²) in [5.74, 6) is 0.416. The van der Waals surface area contributed by atoms with Crippen LogP contribution >= 0.6 is 0 Å². The molecule has 4 aliphatic heterocycles. The van der Waals surface area contributed by atoms with Gasteiger partial charge in [0.1, 0.15) is 25.3 Å². The molecular formula is C40H54Br2N2O10. The number of piperidine rings is 2. The summed E-state index contributed by atoms with van der Waals surface area (Å²) < 4.78 is 35.2. The summed E-state index contributed by atoms with van der Waals surface area (Å²) in [5, 5.41) is 0. The van der Waals surface area contributed by atoms with E-state index in [4.69, 9.17) is 28.4 Å². The third-order valence-electron chi connectivity index (χ3n) is 12.3. The molecule has 0 aromatic heterocycles. The summed E-state index contributed by atoms with van der Waals surface area (Å²) in [6.45, 7) is 4.35. The van der Waals surface area contributed by atoms with Gasteiger partial charge in [0.2, 0.25) is 0 Å². The largest absolute Gasteiger partial charge is 1.00 e. The maximum Gasteiger partial charge on any atom is 0.308 e. The fourth-order valence-electron chi connectivity index (χ4n) is 9.67. The third-order valence-corrected chi connectivity index (χ3v) is 12.3. The van der Waals surface area contributed by atoms with Gasteiger partial charge in [-0.2, -0.15) is 0 Å². The molecule has 0 spiro atoms. The first kappa shape index (κ1) is 43.5. The van der Waals surface area contributed by atoms with E-state index >= 15 is 0 Å². The number of quaternary nitrogens is 2. The van der Waals surface area contributed by atoms with Crippen molar-refractivity contribution >= 4 is 23.9 Å². The fraction of sp³-hybridized carbons (Fsp3) is 0.600. The van der Waals surface area contributed by atoms with Crippen LogP contribution in [0.2, 0.25) is 0 Å². The molecule has 0 aliphatic carbocycles. The van der Waals surface area contributed by atoms with Crippen molar-refractivity contribution in [3.8, 4) is 23.0 Å². The van der Waals surface area contributed by atoms with Crippen LogP contribution in [0.15, 0.2) is 36.4 Å². The van der Waals surface area contributed by atoms with Gasteiger partial charge in [-0.25, -0.2) is 0 Å². The van der Waals surface area contributed by atoms with E-state index in [1.165, 1.54) is 13.8 Å². The van der Waals surface area contributed by atoms with E-state index in [0.29, 0.717) is 47.2 Å². The minimum absolute atomic E-state index is 0. The van der Waals surface area contributed by atoms with E-state index in [1.54, 1.807) is 26.4 Å². The molecule has 12 nitrogen and oxygen atoms in total. The topological polar surface area (TPSA) is 124 Å². The van der Waals surface area contributed by atoms with Gasteiger partial charge >= 0.3 is 23.9 Å². The molecule has 4 fully saturated rings. The number of rotatable bonds is 13. The third kappa shape index (κ3) is 9.59. The Labute approximate surface area is 339 Å². The van der Waals surface area contributed by atoms with Crippen LogP contribution in [0.1, 0.15) is 89.2 Å². The molecule has 4 heterocycles. The molecule has 298 valence electrons. The van der Waals surface area contributed by atoms with Crippen molar-refractivity contribution in [3.63, 3.8) is 0 Å². The van der Waals surface area contributed by atoms with Crippen LogP contribution in [-0.4, -0.2) is 97.5 Å². The van der Waals surface area contributed by atoms with Crippen LogP contribution in [0, 0.1) is 0 Å². The van der Waals surface area contributed by atoms with Crippen LogP contribution < -0.4 is 52.9 Å². The second-order valence-electron chi connectivity index (χ2n) is 15.6. The number of esters is 4. The summed E-state index contributed by atoms with van der Waals surface area (Å²) in [6.07, 6.45) is 7.16. The van der Waals surface area contributed by atoms with Crippen LogP contribution in [0.5, 0.6) is 23.0 Å². The maximum atomic E-state index is 12.9. The molecule has 0 saturated carbocycles. The lowest BCUT2D eigenvalue weighted by Gasteiger charge is -2.47. The first-order valence-corrected chi connectivity index (χ1v) is 18.6. The Balaban J connectivity index is 0.00000325. The van der Waals surface area contributed by atoms with Gasteiger partial charge < -0.3 is 71.4 Å². The highest BCUT2D eigenvalue weighted by atomic mass is 79.9. The summed E-state index contributed by atoms with van der Waals surface area (Å²) >= 11 is 0. The molecule has 0 radical (unpaired) electrons. The zero-order valence-electron chi connectivity index (χ0n) is 32.1. The monoisotopic (exact) mass is 880 g/mol. The molecule has 4 unspecified atom stereocenters. The number of benzene rings is 2. The second-order valence-corrected chi connectivity index (χ2v) is 15.6. The quantitative estimate of drug-likeness (QED) is 0.147. The minimum Gasteiger partial charge on any atom is -1.00 e. The molecule has 4 aliphatic rings. The molecule has 2 aromatic carbocycles. The average molecular weight is 883 g/mol. The Morgan fingerprint density at radius 2 is 0.907 bits per heavy atom. The van der Waals surface area contributed by atoms with Crippen molar-refractivity contribution < 1.29 is 90.5 Å². The summed E-state index contributed by atoms with van der Waals surface area (Å²) in [5.41, 5.74) is 2.20. The highest BCUT2D eigenvalue weighted by Crippen LogP contribution is 2.46. The number of nitrogens with zero attached hydrogens (tertiary/aromatic N) is 2. The molecule has 4 bridgehead atoms. The molecule has 54 heavy (non-hydrogen) atoms. The van der Waals surface area contributed by atoms with Crippen molar-refractivity contribution in [2.24, 2.45) is 0 Å². The number of methoxy groups -OCH3 is 2. The van der Waals surface area contributed by atoms with Gasteiger partial charge in [0.05, 0.1) is 65.3 Å². The normalized spacial score (nSPS) is 29.1. The van der Waals surface area contributed by atoms with Crippen molar-refractivity contribution in [1.29, 1.82) is 0 Å². The molecule has 0 amide bonds. The Hall–Kier alpha value is -3.20. The first-order chi connectivity index (χ1) is 24.8. The van der Waals surface area contributed by atoms with Crippen LogP contribution in [-0.2, 0) is 41.7 Å². The minimum atomic E-state index is -0.392. The van der Waals surface area contributed by atoms with Crippen molar-refractivity contribution in [2.45, 2.75) is 128 Å². The maximum absolute atomic E-state index is 12.9. The zero-order chi connectivity index (χ0) is 37.2. The van der Waals surface area contributed by atoms with Crippen LogP contribution in [0.3, 0.4) is 0 Å². The number of carbonyl (C=O) groups is 4. The molecule has 4 saturated heterocycles. The lowest BCUT2D eigenvalue weighted by Crippen LogP contribution is -3.00. The Morgan fingerprint density at radius 1 is 0.574 bits per heavy atom. The van der Waals surface area contributed by atoms with E-state index in [1.807, 2.05) is 24.3 Å². The van der Waals surface area contributed by atoms with Crippen molar-refractivity contribution in [3.05, 3.63) is 47.5 Å². The zero-order valence-corrected chi connectivity index (χ0v) is 35.3. The Kier molecular flexibility index (Phi) is 14.6. The molecule has 2 aromatic rings. The first-order valence-electron chi connectivity index (χ1n) is 18.6. The van der Waals surface area contributed by atoms with Gasteiger partial charge in [-0.1, -0.05) is 0 Å². The predicted octanol–water partition coefficient (Wildman–Crippen LogP) is -0.591. The van der Waals surface area contributed by atoms with Crippen LogP contribution in [0.25, 0.3) is 0 Å². The van der Waals surface area contributed by atoms with Gasteiger partial charge in [-0.15, -0.1) is 0 Å². The molecular weight excluding hydrogens is 828 g/mol. The summed E-state index contributed by atoms with van der Waals surface area (Å²) in [7, 11) is 7.70. The Bertz CT molecular complexity index is 1540. The van der Waals surface area contributed by atoms with E-state index in [2.05, 4.69) is 14.1 Å². The number of hydrogen-bond acceptors (Lipinski definition) is 10. The van der Waals surface area contributed by atoms with Gasteiger partial charge in [-0.05, 0) is 36.4 Å². The highest BCUT2D eigenvalue weighted by molar-refractivity contribution is 5.78. The second kappa shape index (κ2) is 18.2. The van der Waals surface area contributed by atoms with Crippen LogP contribution in [0.4, 0.5) is 0 Å². The predicted molar refractivity (Wildman–Crippen MR) is 189 cm³/mol. The fourth-order valence-corrected chi connectivity index (χ4v) is 9.67. The van der Waals surface area contributed by atoms with Gasteiger partial charge in [0, 0.05) is 76.3 Å². The SMILES string of the molecule is COc1cc(C[N+]2(C)C3CCC2CC(OC(=O)CCC(=O)OC2CC4CCC(C2)[N+]4(C)Cc2ccc(OC(C)=O)c(OC)c2)C3)ccc1OC(C)=O.[Br-].[Br-]. The molecule has 0 N–H and O–H groups in total. The summed E-state index contributed by atoms with van der Waals surface area (Å²) in [6, 6.07) is 12.8. The summed E-state index contributed by atoms with van der Waals surface area (Å²) in [4.78, 5) is 48.8. The van der Waals surface area contributed by atoms with Crippen molar-refractivity contribution in [2.75, 3.05) is 28.3 Å². The van der Waals surface area contributed by atoms with E-state index in [9.17, 15) is 19.2 Å². The molecule has 4 atom stereocenters. The van der Waals surface area contributed by atoms with Gasteiger partial charge in [0.15, 0.2) is 23.0 Å². The van der Waals surface area contributed by atoms with Gasteiger partial charge in [0.25, 0.3) is 0 Å². The molecule has 14 heteroatoms. The van der Waals surface area contributed by atoms with Gasteiger partial charge in [-0.3, -0.25) is 19.2 Å². The number of carbonyl (C=O) groups excluding carboxylic acids is 4. The number of hydrogen-bond donors (Lipinski definition) is 0. The smallest absolute Gasteiger partial charge is 0.308 e. The van der Waals surface area contributed by atoms with Crippen molar-refractivity contribution in [1.82, 2.24) is 0 Å². The standard InChI is InChI=1S/C40H54N2O10.2BrH/c1-25(43)49-35-13-7-27(17-37(35)47-5)23-41(3)29-9-10-30(41)20-33(19-29)51-39(45)15-16-40(46)52-34-21-31-11-12-32(22-34)42(31,4)24-28-8-14-36(50-26(2)44)38(18-28)48-6;;/h7-8,13-14,17-18,29-34H,9-12,15-16,19-24H2,1-6H3;2*1H/q+2;;/p-2. The van der Waals surface area contributed by atoms with E-state index < -0.39 is 11.9 Å². The highest BCUT2D eigenvalue weighted by Gasteiger charge is 2.53. The average Bonchev–Trinajstić information content (AvgIpc) is 3.32. The molecule has 6 rings (SSSR count). The lowest BCUT2D eigenvalue weighted by molar-refractivity contribution is -0.961. The number of fused-ring (bicyclic) bond motifs is 4.